The van der Waals surface area contributed by atoms with E-state index in [1.165, 1.54) is 24.6 Å². The molecule has 0 unspecified atom stereocenters. The average Bonchev–Trinajstić information content (AvgIpc) is 3.08. The Morgan fingerprint density at radius 1 is 1.36 bits per heavy atom. The number of thiophene rings is 1. The van der Waals surface area contributed by atoms with Crippen LogP contribution in [-0.2, 0) is 23.0 Å². The highest BCUT2D eigenvalue weighted by Gasteiger charge is 2.20. The monoisotopic (exact) mass is 405 g/mol. The molecule has 0 aliphatic carbocycles. The van der Waals surface area contributed by atoms with Crippen LogP contribution in [0.2, 0.25) is 0 Å². The van der Waals surface area contributed by atoms with Crippen LogP contribution < -0.4 is 15.4 Å². The summed E-state index contributed by atoms with van der Waals surface area (Å²) in [5.74, 6) is -0.965. The normalized spacial score (nSPS) is 13.7. The predicted octanol–water partition coefficient (Wildman–Crippen LogP) is 2.12. The Morgan fingerprint density at radius 3 is 2.84 bits per heavy atom. The van der Waals surface area contributed by atoms with E-state index in [0.717, 1.165) is 16.9 Å². The molecule has 136 valence electrons. The van der Waals surface area contributed by atoms with Crippen LogP contribution in [0.15, 0.2) is 28.5 Å². The van der Waals surface area contributed by atoms with Crippen LogP contribution in [0.4, 0.5) is 10.1 Å². The molecule has 0 bridgehead atoms. The fourth-order valence-electron chi connectivity index (χ4n) is 2.51. The van der Waals surface area contributed by atoms with Crippen molar-refractivity contribution in [1.82, 2.24) is 10.0 Å². The van der Waals surface area contributed by atoms with E-state index >= 15 is 0 Å². The van der Waals surface area contributed by atoms with Gasteiger partial charge in [0.1, 0.15) is 5.82 Å². The number of sulfonamides is 1. The highest BCUT2D eigenvalue weighted by atomic mass is 35.5. The molecular formula is C15H17ClFN3O3S2. The minimum Gasteiger partial charge on any atom is -0.319 e. The maximum atomic E-state index is 14.5. The lowest BCUT2D eigenvalue weighted by molar-refractivity contribution is 0.103. The molecule has 1 aliphatic rings. The summed E-state index contributed by atoms with van der Waals surface area (Å²) < 4.78 is 40.1. The van der Waals surface area contributed by atoms with E-state index in [9.17, 15) is 17.6 Å². The molecule has 0 saturated heterocycles. The summed E-state index contributed by atoms with van der Waals surface area (Å²) in [7, 11) is -2.31. The Balaban J connectivity index is 0.00000225. The summed E-state index contributed by atoms with van der Waals surface area (Å²) in [5, 5.41) is 7.05. The van der Waals surface area contributed by atoms with Crippen molar-refractivity contribution in [2.24, 2.45) is 0 Å². The molecule has 0 saturated carbocycles. The van der Waals surface area contributed by atoms with E-state index in [1.54, 1.807) is 6.07 Å². The quantitative estimate of drug-likeness (QED) is 0.727. The van der Waals surface area contributed by atoms with Crippen LogP contribution in [0, 0.1) is 5.82 Å². The van der Waals surface area contributed by atoms with Crippen molar-refractivity contribution in [1.29, 1.82) is 0 Å². The fourth-order valence-corrected chi connectivity index (χ4v) is 4.41. The smallest absolute Gasteiger partial charge is 0.265 e. The first-order valence-corrected chi connectivity index (χ1v) is 9.63. The number of fused-ring (bicyclic) bond motifs is 1. The molecule has 6 nitrogen and oxygen atoms in total. The molecule has 0 fully saturated rings. The number of hydrogen-bond acceptors (Lipinski definition) is 5. The zero-order valence-corrected chi connectivity index (χ0v) is 15.7. The van der Waals surface area contributed by atoms with E-state index in [1.807, 2.05) is 0 Å². The van der Waals surface area contributed by atoms with Gasteiger partial charge < -0.3 is 10.6 Å². The molecule has 0 radical (unpaired) electrons. The predicted molar refractivity (Wildman–Crippen MR) is 97.6 cm³/mol. The molecule has 1 amide bonds. The van der Waals surface area contributed by atoms with Gasteiger partial charge in [-0.3, -0.25) is 4.79 Å². The van der Waals surface area contributed by atoms with Gasteiger partial charge in [0.2, 0.25) is 10.0 Å². The summed E-state index contributed by atoms with van der Waals surface area (Å²) in [6.07, 6.45) is 0.564. The molecule has 10 heteroatoms. The lowest BCUT2D eigenvalue weighted by atomic mass is 9.99. The summed E-state index contributed by atoms with van der Waals surface area (Å²) >= 11 is 0.990. The highest BCUT2D eigenvalue weighted by Crippen LogP contribution is 2.26. The number of carbonyl (C=O) groups excluding carboxylic acids is 1. The van der Waals surface area contributed by atoms with Gasteiger partial charge in [-0.15, -0.1) is 23.7 Å². The van der Waals surface area contributed by atoms with E-state index < -0.39 is 21.7 Å². The standard InChI is InChI=1S/C15H16FN3O3S2.ClH/c1-17-24(21,22)10-6-13(23-8-10)15(20)19-12-3-2-9-7-18-5-4-11(9)14(12)16;/h2-3,6,8,17-18H,4-5,7H2,1H3,(H,19,20);1H. The van der Waals surface area contributed by atoms with E-state index in [4.69, 9.17) is 0 Å². The van der Waals surface area contributed by atoms with Gasteiger partial charge in [-0.25, -0.2) is 17.5 Å². The average molecular weight is 406 g/mol. The third-order valence-electron chi connectivity index (χ3n) is 3.83. The van der Waals surface area contributed by atoms with Crippen molar-refractivity contribution in [2.75, 3.05) is 18.9 Å². The van der Waals surface area contributed by atoms with Crippen molar-refractivity contribution in [3.8, 4) is 0 Å². The minimum absolute atomic E-state index is 0. The SMILES string of the molecule is CNS(=O)(=O)c1csc(C(=O)Nc2ccc3c(c2F)CCNC3)c1.Cl. The Morgan fingerprint density at radius 2 is 2.12 bits per heavy atom. The molecule has 0 atom stereocenters. The maximum Gasteiger partial charge on any atom is 0.265 e. The third-order valence-corrected chi connectivity index (χ3v) is 6.31. The van der Waals surface area contributed by atoms with Crippen LogP contribution in [0.1, 0.15) is 20.8 Å². The third kappa shape index (κ3) is 4.01. The molecule has 2 aromatic rings. The molecule has 3 N–H and O–H groups in total. The number of hydrogen-bond donors (Lipinski definition) is 3. The zero-order valence-electron chi connectivity index (χ0n) is 13.3. The van der Waals surface area contributed by atoms with Crippen LogP contribution in [0.5, 0.6) is 0 Å². The van der Waals surface area contributed by atoms with E-state index in [2.05, 4.69) is 15.4 Å². The maximum absolute atomic E-state index is 14.5. The van der Waals surface area contributed by atoms with Gasteiger partial charge in [0.15, 0.2) is 0 Å². The van der Waals surface area contributed by atoms with Gasteiger partial charge in [-0.05, 0) is 43.3 Å². The van der Waals surface area contributed by atoms with Gasteiger partial charge in [-0.2, -0.15) is 0 Å². The number of rotatable bonds is 4. The highest BCUT2D eigenvalue weighted by molar-refractivity contribution is 7.89. The molecule has 0 spiro atoms. The lowest BCUT2D eigenvalue weighted by Crippen LogP contribution is -2.25. The minimum atomic E-state index is -3.60. The Hall–Kier alpha value is -1.52. The largest absolute Gasteiger partial charge is 0.319 e. The second-order valence-corrected chi connectivity index (χ2v) is 8.10. The van der Waals surface area contributed by atoms with Gasteiger partial charge >= 0.3 is 0 Å². The van der Waals surface area contributed by atoms with E-state index in [0.29, 0.717) is 25.1 Å². The van der Waals surface area contributed by atoms with Crippen molar-refractivity contribution < 1.29 is 17.6 Å². The first-order valence-electron chi connectivity index (χ1n) is 7.27. The van der Waals surface area contributed by atoms with Gasteiger partial charge in [0, 0.05) is 11.9 Å². The first-order chi connectivity index (χ1) is 11.4. The van der Waals surface area contributed by atoms with Crippen LogP contribution in [0.25, 0.3) is 0 Å². The van der Waals surface area contributed by atoms with Crippen LogP contribution in [-0.4, -0.2) is 27.9 Å². The molecule has 25 heavy (non-hydrogen) atoms. The molecule has 1 aromatic carbocycles. The lowest BCUT2D eigenvalue weighted by Gasteiger charge is -2.19. The van der Waals surface area contributed by atoms with Gasteiger partial charge in [0.25, 0.3) is 5.91 Å². The summed E-state index contributed by atoms with van der Waals surface area (Å²) in [6, 6.07) is 4.58. The van der Waals surface area contributed by atoms with E-state index in [-0.39, 0.29) is 27.9 Å². The molecule has 1 aliphatic heterocycles. The van der Waals surface area contributed by atoms with Gasteiger partial charge in [-0.1, -0.05) is 6.07 Å². The van der Waals surface area contributed by atoms with Crippen molar-refractivity contribution in [3.63, 3.8) is 0 Å². The summed E-state index contributed by atoms with van der Waals surface area (Å²) in [4.78, 5) is 12.5. The Bertz CT molecular complexity index is 899. The Kier molecular flexibility index (Phi) is 6.17. The molecule has 3 rings (SSSR count). The number of benzene rings is 1. The fraction of sp³-hybridized carbons (Fsp3) is 0.267. The molecular weight excluding hydrogens is 389 g/mol. The summed E-state index contributed by atoms with van der Waals surface area (Å²) in [5.41, 5.74) is 1.60. The summed E-state index contributed by atoms with van der Waals surface area (Å²) in [6.45, 7) is 1.30. The first kappa shape index (κ1) is 19.8. The van der Waals surface area contributed by atoms with Crippen molar-refractivity contribution in [3.05, 3.63) is 45.4 Å². The number of anilines is 1. The Labute approximate surface area is 155 Å². The van der Waals surface area contributed by atoms with Crippen molar-refractivity contribution in [2.45, 2.75) is 17.9 Å². The number of halogens is 2. The zero-order chi connectivity index (χ0) is 17.3. The van der Waals surface area contributed by atoms with Crippen LogP contribution >= 0.6 is 23.7 Å². The second-order valence-electron chi connectivity index (χ2n) is 5.30. The second kappa shape index (κ2) is 7.79. The topological polar surface area (TPSA) is 87.3 Å². The molecule has 1 aromatic heterocycles. The number of amides is 1. The number of carbonyl (C=O) groups is 1. The molecule has 2 heterocycles. The van der Waals surface area contributed by atoms with Crippen molar-refractivity contribution >= 4 is 45.4 Å². The number of nitrogens with one attached hydrogen (secondary N) is 3. The van der Waals surface area contributed by atoms with Gasteiger partial charge in [0.05, 0.1) is 15.5 Å². The van der Waals surface area contributed by atoms with Crippen LogP contribution in [0.3, 0.4) is 0 Å².